The monoisotopic (exact) mass is 508 g/mol. The van der Waals surface area contributed by atoms with Gasteiger partial charge in [-0.15, -0.1) is 18.3 Å². The number of rotatable bonds is 7. The van der Waals surface area contributed by atoms with Crippen LogP contribution in [0.25, 0.3) is 17.1 Å². The lowest BCUT2D eigenvalue weighted by atomic mass is 10.1. The van der Waals surface area contributed by atoms with Crippen molar-refractivity contribution in [2.45, 2.75) is 37.8 Å². The molecule has 0 radical (unpaired) electrons. The lowest BCUT2D eigenvalue weighted by molar-refractivity contribution is -0.274. The predicted octanol–water partition coefficient (Wildman–Crippen LogP) is 6.18. The van der Waals surface area contributed by atoms with Gasteiger partial charge in [0.25, 0.3) is 0 Å². The Morgan fingerprint density at radius 1 is 1.03 bits per heavy atom. The first-order chi connectivity index (χ1) is 17.7. The average Bonchev–Trinajstić information content (AvgIpc) is 3.45. The number of carbonyl (C=O) groups is 1. The number of nitrogens with one attached hydrogen (secondary N) is 1. The summed E-state index contributed by atoms with van der Waals surface area (Å²) in [5.41, 5.74) is 3.36. The molecule has 190 valence electrons. The smallest absolute Gasteiger partial charge is 0.442 e. The molecule has 37 heavy (non-hydrogen) atoms. The van der Waals surface area contributed by atoms with Crippen molar-refractivity contribution in [3.05, 3.63) is 96.3 Å². The van der Waals surface area contributed by atoms with Crippen molar-refractivity contribution in [3.63, 3.8) is 0 Å². The molecule has 1 aliphatic rings. The third kappa shape index (κ3) is 6.08. The largest absolute Gasteiger partial charge is 0.573 e. The SMILES string of the molecule is CC(OC(=O)NC1CC1c1ccc(-c2ncn(-c3ccc(OC(F)(F)F)cc3)n2)cc1)c1ccccc1. The normalized spacial score (nSPS) is 17.6. The van der Waals surface area contributed by atoms with Crippen molar-refractivity contribution in [1.82, 2.24) is 20.1 Å². The van der Waals surface area contributed by atoms with Crippen LogP contribution in [0.2, 0.25) is 0 Å². The van der Waals surface area contributed by atoms with Crippen molar-refractivity contribution < 1.29 is 27.4 Å². The number of hydrogen-bond donors (Lipinski definition) is 1. The third-order valence-corrected chi connectivity index (χ3v) is 6.07. The van der Waals surface area contributed by atoms with Gasteiger partial charge in [-0.25, -0.2) is 14.5 Å². The number of carbonyl (C=O) groups excluding carboxylic acids is 1. The molecule has 1 N–H and O–H groups in total. The molecular weight excluding hydrogens is 485 g/mol. The number of aromatic nitrogens is 3. The van der Waals surface area contributed by atoms with Gasteiger partial charge in [-0.3, -0.25) is 0 Å². The van der Waals surface area contributed by atoms with Crippen LogP contribution >= 0.6 is 0 Å². The maximum Gasteiger partial charge on any atom is 0.573 e. The first-order valence-corrected chi connectivity index (χ1v) is 11.7. The van der Waals surface area contributed by atoms with E-state index >= 15 is 0 Å². The van der Waals surface area contributed by atoms with Crippen LogP contribution < -0.4 is 10.1 Å². The molecular formula is C27H23F3N4O3. The molecule has 5 rings (SSSR count). The van der Waals surface area contributed by atoms with Crippen LogP contribution in [0.4, 0.5) is 18.0 Å². The van der Waals surface area contributed by atoms with Crippen LogP contribution in [0.5, 0.6) is 5.75 Å². The summed E-state index contributed by atoms with van der Waals surface area (Å²) in [6.45, 7) is 1.84. The molecule has 1 aliphatic carbocycles. The van der Waals surface area contributed by atoms with Crippen molar-refractivity contribution >= 4 is 6.09 Å². The molecule has 10 heteroatoms. The van der Waals surface area contributed by atoms with E-state index in [4.69, 9.17) is 4.74 Å². The maximum atomic E-state index is 12.3. The van der Waals surface area contributed by atoms with Crippen molar-refractivity contribution in [2.24, 2.45) is 0 Å². The molecule has 0 saturated heterocycles. The first-order valence-electron chi connectivity index (χ1n) is 11.7. The average molecular weight is 509 g/mol. The minimum atomic E-state index is -4.74. The Hall–Kier alpha value is -4.34. The van der Waals surface area contributed by atoms with Gasteiger partial charge < -0.3 is 14.8 Å². The Bertz CT molecular complexity index is 1360. The second-order valence-corrected chi connectivity index (χ2v) is 8.73. The van der Waals surface area contributed by atoms with E-state index in [9.17, 15) is 18.0 Å². The minimum Gasteiger partial charge on any atom is -0.442 e. The van der Waals surface area contributed by atoms with Gasteiger partial charge in [0.2, 0.25) is 0 Å². The summed E-state index contributed by atoms with van der Waals surface area (Å²) in [4.78, 5) is 16.6. The van der Waals surface area contributed by atoms with Crippen LogP contribution in [-0.2, 0) is 4.74 Å². The number of ether oxygens (including phenoxy) is 2. The number of benzene rings is 3. The highest BCUT2D eigenvalue weighted by atomic mass is 19.4. The fourth-order valence-corrected chi connectivity index (χ4v) is 4.06. The fourth-order valence-electron chi connectivity index (χ4n) is 4.06. The Morgan fingerprint density at radius 2 is 1.73 bits per heavy atom. The number of amides is 1. The summed E-state index contributed by atoms with van der Waals surface area (Å²) in [5.74, 6) is 0.377. The van der Waals surface area contributed by atoms with E-state index in [-0.39, 0.29) is 23.8 Å². The van der Waals surface area contributed by atoms with Crippen LogP contribution in [0.3, 0.4) is 0 Å². The zero-order valence-electron chi connectivity index (χ0n) is 19.7. The zero-order chi connectivity index (χ0) is 26.0. The van der Waals surface area contributed by atoms with E-state index in [1.54, 1.807) is 0 Å². The van der Waals surface area contributed by atoms with Crippen molar-refractivity contribution in [3.8, 4) is 22.8 Å². The molecule has 7 nitrogen and oxygen atoms in total. The van der Waals surface area contributed by atoms with Gasteiger partial charge in [-0.2, -0.15) is 0 Å². The number of halogens is 3. The lowest BCUT2D eigenvalue weighted by Crippen LogP contribution is -2.28. The Kier molecular flexibility index (Phi) is 6.56. The molecule has 1 heterocycles. The van der Waals surface area contributed by atoms with Gasteiger partial charge in [-0.1, -0.05) is 54.6 Å². The zero-order valence-corrected chi connectivity index (χ0v) is 19.7. The number of nitrogens with zero attached hydrogens (tertiary/aromatic N) is 3. The van der Waals surface area contributed by atoms with Crippen molar-refractivity contribution in [2.75, 3.05) is 0 Å². The molecule has 1 fully saturated rings. The summed E-state index contributed by atoms with van der Waals surface area (Å²) >= 11 is 0. The van der Waals surface area contributed by atoms with Crippen molar-refractivity contribution in [1.29, 1.82) is 0 Å². The van der Waals surface area contributed by atoms with Gasteiger partial charge in [0.1, 0.15) is 18.2 Å². The molecule has 3 unspecified atom stereocenters. The number of hydrogen-bond acceptors (Lipinski definition) is 5. The molecule has 4 aromatic rings. The van der Waals surface area contributed by atoms with Crippen LogP contribution in [0, 0.1) is 0 Å². The molecule has 0 bridgehead atoms. The minimum absolute atomic E-state index is 0.0166. The van der Waals surface area contributed by atoms with E-state index in [0.717, 1.165) is 23.1 Å². The molecule has 0 aliphatic heterocycles. The summed E-state index contributed by atoms with van der Waals surface area (Å²) in [5, 5.41) is 7.35. The van der Waals surface area contributed by atoms with E-state index in [1.165, 1.54) is 35.3 Å². The Morgan fingerprint density at radius 3 is 2.41 bits per heavy atom. The summed E-state index contributed by atoms with van der Waals surface area (Å²) in [6, 6.07) is 22.7. The van der Waals surface area contributed by atoms with Gasteiger partial charge in [0, 0.05) is 17.5 Å². The highest BCUT2D eigenvalue weighted by Crippen LogP contribution is 2.41. The summed E-state index contributed by atoms with van der Waals surface area (Å²) in [6.07, 6.45) is -3.19. The fraction of sp³-hybridized carbons (Fsp3) is 0.222. The van der Waals surface area contributed by atoms with Crippen LogP contribution in [0.15, 0.2) is 85.2 Å². The molecule has 0 spiro atoms. The van der Waals surface area contributed by atoms with Gasteiger partial charge in [0.15, 0.2) is 5.82 Å². The second kappa shape index (κ2) is 9.96. The quantitative estimate of drug-likeness (QED) is 0.323. The highest BCUT2D eigenvalue weighted by Gasteiger charge is 2.40. The molecule has 1 saturated carbocycles. The van der Waals surface area contributed by atoms with Gasteiger partial charge in [-0.05, 0) is 48.7 Å². The molecule has 3 atom stereocenters. The van der Waals surface area contributed by atoms with E-state index in [1.807, 2.05) is 61.5 Å². The van der Waals surface area contributed by atoms with E-state index < -0.39 is 12.5 Å². The molecule has 3 aromatic carbocycles. The maximum absolute atomic E-state index is 12.3. The molecule has 1 amide bonds. The first kappa shape index (κ1) is 24.4. The summed E-state index contributed by atoms with van der Waals surface area (Å²) < 4.78 is 47.9. The van der Waals surface area contributed by atoms with Gasteiger partial charge >= 0.3 is 12.5 Å². The molecule has 1 aromatic heterocycles. The number of alkyl halides is 3. The topological polar surface area (TPSA) is 78.3 Å². The standard InChI is InChI=1S/C27H23F3N4O3/c1-17(18-5-3-2-4-6-18)36-26(35)32-24-15-23(24)19-7-9-20(10-8-19)25-31-16-34(33-25)21-11-13-22(14-12-21)37-27(28,29)30/h2-14,16-17,23-24H,15H2,1H3,(H,32,35). The predicted molar refractivity (Wildman–Crippen MR) is 129 cm³/mol. The Labute approximate surface area is 210 Å². The number of alkyl carbamates (subject to hydrolysis) is 1. The highest BCUT2D eigenvalue weighted by molar-refractivity contribution is 5.69. The van der Waals surface area contributed by atoms with E-state index in [2.05, 4.69) is 20.1 Å². The summed E-state index contributed by atoms with van der Waals surface area (Å²) in [7, 11) is 0. The lowest BCUT2D eigenvalue weighted by Gasteiger charge is -2.14. The second-order valence-electron chi connectivity index (χ2n) is 8.73. The van der Waals surface area contributed by atoms with Gasteiger partial charge in [0.05, 0.1) is 5.69 Å². The van der Waals surface area contributed by atoms with Crippen LogP contribution in [0.1, 0.15) is 36.5 Å². The van der Waals surface area contributed by atoms with Crippen LogP contribution in [-0.4, -0.2) is 33.3 Å². The van der Waals surface area contributed by atoms with E-state index in [0.29, 0.717) is 11.5 Å². The third-order valence-electron chi connectivity index (χ3n) is 6.07. The Balaban J connectivity index is 1.16.